The van der Waals surface area contributed by atoms with E-state index >= 15 is 0 Å². The van der Waals surface area contributed by atoms with Crippen molar-refractivity contribution in [3.8, 4) is 0 Å². The molecule has 1 heterocycles. The van der Waals surface area contributed by atoms with Crippen LogP contribution in [0.2, 0.25) is 0 Å². The van der Waals surface area contributed by atoms with Crippen molar-refractivity contribution in [1.82, 2.24) is 10.2 Å². The fourth-order valence-corrected chi connectivity index (χ4v) is 1.58. The fraction of sp³-hybridized carbons (Fsp3) is 0.889. The van der Waals surface area contributed by atoms with Crippen LogP contribution in [0.4, 0.5) is 0 Å². The van der Waals surface area contributed by atoms with Gasteiger partial charge < -0.3 is 10.1 Å². The topological polar surface area (TPSA) is 41.6 Å². The van der Waals surface area contributed by atoms with Gasteiger partial charge in [-0.3, -0.25) is 9.69 Å². The molecule has 0 aromatic rings. The van der Waals surface area contributed by atoms with Gasteiger partial charge in [0.15, 0.2) is 0 Å². The zero-order valence-corrected chi connectivity index (χ0v) is 8.38. The average molecular weight is 186 g/mol. The number of carbonyl (C=O) groups is 1. The van der Waals surface area contributed by atoms with Gasteiger partial charge in [-0.05, 0) is 6.92 Å². The van der Waals surface area contributed by atoms with Gasteiger partial charge in [-0.25, -0.2) is 0 Å². The lowest BCUT2D eigenvalue weighted by atomic mass is 10.2. The lowest BCUT2D eigenvalue weighted by molar-refractivity contribution is -0.141. The molecule has 4 nitrogen and oxygen atoms in total. The number of nitrogens with zero attached hydrogens (tertiary/aromatic N) is 1. The van der Waals surface area contributed by atoms with Gasteiger partial charge in [0, 0.05) is 32.2 Å². The van der Waals surface area contributed by atoms with Gasteiger partial charge in [-0.2, -0.15) is 0 Å². The van der Waals surface area contributed by atoms with E-state index in [1.54, 1.807) is 0 Å². The van der Waals surface area contributed by atoms with E-state index in [1.807, 2.05) is 0 Å². The van der Waals surface area contributed by atoms with Crippen LogP contribution in [0.25, 0.3) is 0 Å². The molecule has 1 N–H and O–H groups in total. The van der Waals surface area contributed by atoms with Crippen molar-refractivity contribution in [3.05, 3.63) is 0 Å². The summed E-state index contributed by atoms with van der Waals surface area (Å²) in [6.45, 7) is 6.16. The van der Waals surface area contributed by atoms with Crippen molar-refractivity contribution in [3.63, 3.8) is 0 Å². The van der Waals surface area contributed by atoms with Gasteiger partial charge in [0.05, 0.1) is 13.5 Å². The van der Waals surface area contributed by atoms with Gasteiger partial charge >= 0.3 is 5.97 Å². The molecule has 0 unspecified atom stereocenters. The Morgan fingerprint density at radius 2 is 2.15 bits per heavy atom. The van der Waals surface area contributed by atoms with Crippen LogP contribution < -0.4 is 5.32 Å². The number of hydrogen-bond donors (Lipinski definition) is 1. The van der Waals surface area contributed by atoms with Crippen molar-refractivity contribution < 1.29 is 9.53 Å². The molecule has 1 saturated heterocycles. The highest BCUT2D eigenvalue weighted by Gasteiger charge is 2.18. The lowest BCUT2D eigenvalue weighted by Crippen LogP contribution is -2.48. The van der Waals surface area contributed by atoms with E-state index in [-0.39, 0.29) is 5.97 Å². The zero-order valence-electron chi connectivity index (χ0n) is 8.38. The molecule has 0 aliphatic carbocycles. The number of esters is 1. The molecule has 0 radical (unpaired) electrons. The van der Waals surface area contributed by atoms with Crippen LogP contribution >= 0.6 is 0 Å². The Morgan fingerprint density at radius 3 is 2.69 bits per heavy atom. The average Bonchev–Trinajstić information content (AvgIpc) is 2.19. The largest absolute Gasteiger partial charge is 0.469 e. The molecule has 4 heteroatoms. The molecule has 13 heavy (non-hydrogen) atoms. The van der Waals surface area contributed by atoms with Crippen LogP contribution in [0.15, 0.2) is 0 Å². The summed E-state index contributed by atoms with van der Waals surface area (Å²) in [5.74, 6) is -0.119. The Kier molecular flexibility index (Phi) is 4.18. The van der Waals surface area contributed by atoms with E-state index in [0.29, 0.717) is 12.5 Å². The summed E-state index contributed by atoms with van der Waals surface area (Å²) in [7, 11) is 1.44. The van der Waals surface area contributed by atoms with Crippen LogP contribution in [0, 0.1) is 0 Å². The second-order valence-corrected chi connectivity index (χ2v) is 3.42. The molecule has 76 valence electrons. The summed E-state index contributed by atoms with van der Waals surface area (Å²) in [5.41, 5.74) is 0. The summed E-state index contributed by atoms with van der Waals surface area (Å²) < 4.78 is 4.63. The molecule has 0 aromatic heterocycles. The first kappa shape index (κ1) is 10.5. The first-order valence-electron chi connectivity index (χ1n) is 4.75. The van der Waals surface area contributed by atoms with E-state index in [0.717, 1.165) is 26.2 Å². The second kappa shape index (κ2) is 5.19. The van der Waals surface area contributed by atoms with Crippen LogP contribution in [0.3, 0.4) is 0 Å². The molecule has 1 atom stereocenters. The number of rotatable bonds is 3. The number of hydrogen-bond acceptors (Lipinski definition) is 4. The van der Waals surface area contributed by atoms with Crippen molar-refractivity contribution in [2.45, 2.75) is 19.4 Å². The van der Waals surface area contributed by atoms with E-state index in [1.165, 1.54) is 7.11 Å². The van der Waals surface area contributed by atoms with E-state index in [4.69, 9.17) is 0 Å². The second-order valence-electron chi connectivity index (χ2n) is 3.42. The van der Waals surface area contributed by atoms with Crippen LogP contribution in [-0.4, -0.2) is 50.2 Å². The fourth-order valence-electron chi connectivity index (χ4n) is 1.58. The molecule has 1 aliphatic rings. The van der Waals surface area contributed by atoms with E-state index in [9.17, 15) is 4.79 Å². The molecule has 0 aromatic carbocycles. The van der Waals surface area contributed by atoms with Crippen molar-refractivity contribution in [1.29, 1.82) is 0 Å². The van der Waals surface area contributed by atoms with Crippen molar-refractivity contribution >= 4 is 5.97 Å². The summed E-state index contributed by atoms with van der Waals surface area (Å²) in [6.07, 6.45) is 0.497. The van der Waals surface area contributed by atoms with Crippen LogP contribution in [0.5, 0.6) is 0 Å². The minimum absolute atomic E-state index is 0.119. The number of nitrogens with one attached hydrogen (secondary N) is 1. The summed E-state index contributed by atoms with van der Waals surface area (Å²) in [6, 6.07) is 0.301. The van der Waals surface area contributed by atoms with Gasteiger partial charge in [0.25, 0.3) is 0 Å². The third-order valence-electron chi connectivity index (χ3n) is 2.46. The number of carbonyl (C=O) groups excluding carboxylic acids is 1. The third kappa shape index (κ3) is 3.32. The third-order valence-corrected chi connectivity index (χ3v) is 2.46. The first-order chi connectivity index (χ1) is 6.24. The lowest BCUT2D eigenvalue weighted by Gasteiger charge is -2.32. The highest BCUT2D eigenvalue weighted by molar-refractivity contribution is 5.69. The normalized spacial score (nSPS) is 21.1. The van der Waals surface area contributed by atoms with Crippen molar-refractivity contribution in [2.24, 2.45) is 0 Å². The predicted octanol–water partition coefficient (Wildman–Crippen LogP) is -0.157. The highest BCUT2D eigenvalue weighted by atomic mass is 16.5. The minimum Gasteiger partial charge on any atom is -0.469 e. The smallest absolute Gasteiger partial charge is 0.307 e. The Balaban J connectivity index is 2.28. The summed E-state index contributed by atoms with van der Waals surface area (Å²) in [5, 5.41) is 3.28. The molecule has 0 spiro atoms. The molecule has 0 bridgehead atoms. The zero-order chi connectivity index (χ0) is 9.68. The number of methoxy groups -OCH3 is 1. The van der Waals surface area contributed by atoms with Crippen molar-refractivity contribution in [2.75, 3.05) is 33.3 Å². The monoisotopic (exact) mass is 186 g/mol. The number of ether oxygens (including phenoxy) is 1. The van der Waals surface area contributed by atoms with Gasteiger partial charge in [-0.15, -0.1) is 0 Å². The molecule has 1 aliphatic heterocycles. The molecule has 0 saturated carbocycles. The maximum absolute atomic E-state index is 11.0. The molecule has 1 rings (SSSR count). The maximum Gasteiger partial charge on any atom is 0.307 e. The predicted molar refractivity (Wildman–Crippen MR) is 50.5 cm³/mol. The first-order valence-corrected chi connectivity index (χ1v) is 4.75. The quantitative estimate of drug-likeness (QED) is 0.622. The SMILES string of the molecule is COC(=O)C[C@H](C)N1CCNCC1. The Labute approximate surface area is 79.2 Å². The van der Waals surface area contributed by atoms with Gasteiger partial charge in [-0.1, -0.05) is 0 Å². The summed E-state index contributed by atoms with van der Waals surface area (Å²) >= 11 is 0. The van der Waals surface area contributed by atoms with Gasteiger partial charge in [0.1, 0.15) is 0 Å². The highest BCUT2D eigenvalue weighted by Crippen LogP contribution is 2.05. The molecule has 0 amide bonds. The Hall–Kier alpha value is -0.610. The summed E-state index contributed by atoms with van der Waals surface area (Å²) in [4.78, 5) is 13.3. The Morgan fingerprint density at radius 1 is 1.54 bits per heavy atom. The molecular formula is C9H18N2O2. The Bertz CT molecular complexity index is 167. The van der Waals surface area contributed by atoms with Gasteiger partial charge in [0.2, 0.25) is 0 Å². The van der Waals surface area contributed by atoms with E-state index in [2.05, 4.69) is 21.9 Å². The molecule has 1 fully saturated rings. The maximum atomic E-state index is 11.0. The number of piperazine rings is 1. The van der Waals surface area contributed by atoms with E-state index < -0.39 is 0 Å². The molecular weight excluding hydrogens is 168 g/mol. The van der Waals surface area contributed by atoms with Crippen LogP contribution in [-0.2, 0) is 9.53 Å². The minimum atomic E-state index is -0.119. The van der Waals surface area contributed by atoms with Crippen LogP contribution in [0.1, 0.15) is 13.3 Å². The standard InChI is InChI=1S/C9H18N2O2/c1-8(7-9(12)13-2)11-5-3-10-4-6-11/h8,10H,3-7H2,1-2H3/t8-/m0/s1.